The molecule has 24 heavy (non-hydrogen) atoms. The lowest BCUT2D eigenvalue weighted by molar-refractivity contribution is 0.0946. The van der Waals surface area contributed by atoms with Crippen molar-refractivity contribution in [1.82, 2.24) is 10.3 Å². The van der Waals surface area contributed by atoms with Crippen molar-refractivity contribution in [2.45, 2.75) is 6.42 Å². The van der Waals surface area contributed by atoms with Crippen molar-refractivity contribution >= 4 is 39.3 Å². The zero-order valence-electron chi connectivity index (χ0n) is 12.9. The Kier molecular flexibility index (Phi) is 5.40. The Morgan fingerprint density at radius 2 is 1.88 bits per heavy atom. The van der Waals surface area contributed by atoms with Crippen LogP contribution in [0.2, 0.25) is 0 Å². The molecule has 0 bridgehead atoms. The molecule has 1 N–H and O–H groups in total. The van der Waals surface area contributed by atoms with Gasteiger partial charge in [-0.05, 0) is 45.7 Å². The standard InChI is InChI=1S/C19H16FIN2O/c20-9-10-22-19(24)18-11-13-5-1-3-7-15(13)17(23-18)12-14-6-2-4-8-16(14)21/h1-8,11H,9-10,12H2,(H,22,24). The number of nitrogens with zero attached hydrogens (tertiary/aromatic N) is 1. The number of alkyl halides is 1. The van der Waals surface area contributed by atoms with Gasteiger partial charge in [-0.15, -0.1) is 0 Å². The summed E-state index contributed by atoms with van der Waals surface area (Å²) in [6.07, 6.45) is 0.643. The number of hydrogen-bond acceptors (Lipinski definition) is 2. The van der Waals surface area contributed by atoms with Crippen molar-refractivity contribution in [2.24, 2.45) is 0 Å². The van der Waals surface area contributed by atoms with Crippen molar-refractivity contribution in [3.8, 4) is 0 Å². The fraction of sp³-hybridized carbons (Fsp3) is 0.158. The van der Waals surface area contributed by atoms with Crippen LogP contribution in [0, 0.1) is 3.57 Å². The van der Waals surface area contributed by atoms with E-state index in [0.717, 1.165) is 25.6 Å². The Balaban J connectivity index is 2.04. The van der Waals surface area contributed by atoms with Crippen LogP contribution >= 0.6 is 22.6 Å². The number of hydrogen-bond donors (Lipinski definition) is 1. The number of fused-ring (bicyclic) bond motifs is 1. The topological polar surface area (TPSA) is 42.0 Å². The van der Waals surface area contributed by atoms with Crippen molar-refractivity contribution in [3.05, 3.63) is 75.1 Å². The van der Waals surface area contributed by atoms with Gasteiger partial charge in [-0.2, -0.15) is 0 Å². The van der Waals surface area contributed by atoms with Gasteiger partial charge in [0.2, 0.25) is 0 Å². The molecule has 3 aromatic rings. The minimum absolute atomic E-state index is 0.000737. The maximum atomic E-state index is 12.3. The van der Waals surface area contributed by atoms with Crippen LogP contribution in [0.5, 0.6) is 0 Å². The Bertz CT molecular complexity index is 882. The van der Waals surface area contributed by atoms with E-state index in [1.807, 2.05) is 36.4 Å². The summed E-state index contributed by atoms with van der Waals surface area (Å²) in [5.41, 5.74) is 2.34. The molecule has 1 heterocycles. The molecule has 0 radical (unpaired) electrons. The number of nitrogens with one attached hydrogen (secondary N) is 1. The highest BCUT2D eigenvalue weighted by molar-refractivity contribution is 14.1. The van der Waals surface area contributed by atoms with Crippen molar-refractivity contribution in [2.75, 3.05) is 13.2 Å². The molecule has 0 fully saturated rings. The number of amides is 1. The second-order valence-corrected chi connectivity index (χ2v) is 6.55. The van der Waals surface area contributed by atoms with Crippen molar-refractivity contribution < 1.29 is 9.18 Å². The molecule has 2 aromatic carbocycles. The quantitative estimate of drug-likeness (QED) is 0.614. The lowest BCUT2D eigenvalue weighted by Gasteiger charge is -2.11. The number of aromatic nitrogens is 1. The van der Waals surface area contributed by atoms with Crippen LogP contribution in [0.4, 0.5) is 4.39 Å². The number of carbonyl (C=O) groups excluding carboxylic acids is 1. The van der Waals surface area contributed by atoms with E-state index in [-0.39, 0.29) is 12.5 Å². The zero-order chi connectivity index (χ0) is 16.9. The van der Waals surface area contributed by atoms with Gasteiger partial charge in [-0.3, -0.25) is 4.79 Å². The van der Waals surface area contributed by atoms with Crippen LogP contribution in [0.1, 0.15) is 21.7 Å². The summed E-state index contributed by atoms with van der Waals surface area (Å²) in [6, 6.07) is 17.7. The smallest absolute Gasteiger partial charge is 0.269 e. The van der Waals surface area contributed by atoms with E-state index in [1.54, 1.807) is 6.07 Å². The Morgan fingerprint density at radius 1 is 1.12 bits per heavy atom. The molecule has 0 atom stereocenters. The average molecular weight is 434 g/mol. The van der Waals surface area contributed by atoms with Crippen LogP contribution in [0.25, 0.3) is 10.8 Å². The minimum atomic E-state index is -0.589. The zero-order valence-corrected chi connectivity index (χ0v) is 15.1. The normalized spacial score (nSPS) is 10.8. The van der Waals surface area contributed by atoms with Crippen LogP contribution in [0.15, 0.2) is 54.6 Å². The maximum absolute atomic E-state index is 12.3. The molecule has 3 rings (SSSR count). The van der Waals surface area contributed by atoms with Gasteiger partial charge in [-0.25, -0.2) is 9.37 Å². The molecule has 5 heteroatoms. The van der Waals surface area contributed by atoms with Crippen molar-refractivity contribution in [3.63, 3.8) is 0 Å². The summed E-state index contributed by atoms with van der Waals surface area (Å²) in [5.74, 6) is -0.345. The Morgan fingerprint density at radius 3 is 2.67 bits per heavy atom. The van der Waals surface area contributed by atoms with Crippen LogP contribution in [0.3, 0.4) is 0 Å². The lowest BCUT2D eigenvalue weighted by Crippen LogP contribution is -2.26. The van der Waals surface area contributed by atoms with E-state index < -0.39 is 6.67 Å². The van der Waals surface area contributed by atoms with E-state index in [9.17, 15) is 9.18 Å². The van der Waals surface area contributed by atoms with Crippen LogP contribution in [-0.4, -0.2) is 24.1 Å². The Hall–Kier alpha value is -2.02. The number of carbonyl (C=O) groups is 1. The Labute approximate surface area is 153 Å². The van der Waals surface area contributed by atoms with E-state index in [2.05, 4.69) is 45.0 Å². The molecule has 122 valence electrons. The second kappa shape index (κ2) is 7.70. The first kappa shape index (κ1) is 16.8. The van der Waals surface area contributed by atoms with Gasteiger partial charge < -0.3 is 5.32 Å². The van der Waals surface area contributed by atoms with E-state index in [0.29, 0.717) is 12.1 Å². The third-order valence-electron chi connectivity index (χ3n) is 3.75. The number of rotatable bonds is 5. The average Bonchev–Trinajstić information content (AvgIpc) is 2.61. The fourth-order valence-electron chi connectivity index (χ4n) is 2.60. The highest BCUT2D eigenvalue weighted by Gasteiger charge is 2.13. The molecular formula is C19H16FIN2O. The summed E-state index contributed by atoms with van der Waals surface area (Å²) in [6.45, 7) is -0.590. The molecule has 1 aromatic heterocycles. The van der Waals surface area contributed by atoms with Gasteiger partial charge in [0.15, 0.2) is 0 Å². The summed E-state index contributed by atoms with van der Waals surface area (Å²) in [5, 5.41) is 4.52. The number of pyridine rings is 1. The van der Waals surface area contributed by atoms with Gasteiger partial charge in [0.25, 0.3) is 5.91 Å². The molecule has 0 saturated heterocycles. The molecule has 0 aliphatic heterocycles. The highest BCUT2D eigenvalue weighted by Crippen LogP contribution is 2.23. The van der Waals surface area contributed by atoms with Gasteiger partial charge in [0.05, 0.1) is 5.69 Å². The monoisotopic (exact) mass is 434 g/mol. The molecule has 1 amide bonds. The van der Waals surface area contributed by atoms with E-state index in [4.69, 9.17) is 0 Å². The molecule has 0 aliphatic carbocycles. The SMILES string of the molecule is O=C(NCCF)c1cc2ccccc2c(Cc2ccccc2I)n1. The first-order valence-corrected chi connectivity index (χ1v) is 8.73. The fourth-order valence-corrected chi connectivity index (χ4v) is 3.17. The summed E-state index contributed by atoms with van der Waals surface area (Å²) in [4.78, 5) is 16.7. The van der Waals surface area contributed by atoms with Crippen LogP contribution < -0.4 is 5.32 Å². The highest BCUT2D eigenvalue weighted by atomic mass is 127. The van der Waals surface area contributed by atoms with Crippen molar-refractivity contribution in [1.29, 1.82) is 0 Å². The minimum Gasteiger partial charge on any atom is -0.348 e. The second-order valence-electron chi connectivity index (χ2n) is 5.39. The van der Waals surface area contributed by atoms with Gasteiger partial charge in [0, 0.05) is 21.9 Å². The predicted molar refractivity (Wildman–Crippen MR) is 102 cm³/mol. The first-order chi connectivity index (χ1) is 11.7. The molecule has 0 unspecified atom stereocenters. The summed E-state index contributed by atoms with van der Waals surface area (Å²) < 4.78 is 13.5. The molecule has 0 saturated carbocycles. The van der Waals surface area contributed by atoms with Gasteiger partial charge in [-0.1, -0.05) is 42.5 Å². The number of halogens is 2. The molecule has 0 spiro atoms. The van der Waals surface area contributed by atoms with Gasteiger partial charge >= 0.3 is 0 Å². The number of benzene rings is 2. The lowest BCUT2D eigenvalue weighted by atomic mass is 10.0. The summed E-state index contributed by atoms with van der Waals surface area (Å²) >= 11 is 2.30. The predicted octanol–water partition coefficient (Wildman–Crippen LogP) is 4.13. The maximum Gasteiger partial charge on any atom is 0.269 e. The first-order valence-electron chi connectivity index (χ1n) is 7.65. The van der Waals surface area contributed by atoms with Gasteiger partial charge in [0.1, 0.15) is 12.4 Å². The van der Waals surface area contributed by atoms with Crippen LogP contribution in [-0.2, 0) is 6.42 Å². The van der Waals surface area contributed by atoms with E-state index in [1.165, 1.54) is 0 Å². The molecule has 3 nitrogen and oxygen atoms in total. The molecular weight excluding hydrogens is 418 g/mol. The molecule has 0 aliphatic rings. The third kappa shape index (κ3) is 3.72. The third-order valence-corrected chi connectivity index (χ3v) is 4.80. The largest absolute Gasteiger partial charge is 0.348 e. The van der Waals surface area contributed by atoms with E-state index >= 15 is 0 Å². The summed E-state index contributed by atoms with van der Waals surface area (Å²) in [7, 11) is 0.